The number of nitrogens with zero attached hydrogens (tertiary/aromatic N) is 3. The molecule has 0 radical (unpaired) electrons. The van der Waals surface area contributed by atoms with Gasteiger partial charge in [0.1, 0.15) is 0 Å². The van der Waals surface area contributed by atoms with Gasteiger partial charge in [0.15, 0.2) is 0 Å². The van der Waals surface area contributed by atoms with Crippen molar-refractivity contribution < 1.29 is 4.79 Å². The Morgan fingerprint density at radius 1 is 0.946 bits per heavy atom. The molecule has 1 aromatic heterocycles. The molecule has 0 bridgehead atoms. The van der Waals surface area contributed by atoms with Crippen molar-refractivity contribution in [2.75, 3.05) is 45.0 Å². The van der Waals surface area contributed by atoms with Crippen LogP contribution in [0.1, 0.15) is 42.5 Å². The zero-order valence-corrected chi connectivity index (χ0v) is 22.6. The van der Waals surface area contributed by atoms with Crippen LogP contribution >= 0.6 is 11.8 Å². The number of hydrogen-bond acceptors (Lipinski definition) is 5. The lowest BCUT2D eigenvalue weighted by atomic mass is 9.96. The topological polar surface area (TPSA) is 48.5 Å². The van der Waals surface area contributed by atoms with Crippen molar-refractivity contribution in [1.82, 2.24) is 20.1 Å². The minimum absolute atomic E-state index is 0.0477. The van der Waals surface area contributed by atoms with E-state index in [2.05, 4.69) is 87.7 Å². The Bertz CT molecular complexity index is 1060. The van der Waals surface area contributed by atoms with E-state index in [-0.39, 0.29) is 5.91 Å². The monoisotopic (exact) mass is 514 g/mol. The SMILES string of the molecule is CCSc1ccc(/C=C/C(=O)NCCCCN2CCN(C(c3ccccc3)c3ccccc3)CC2)cn1. The van der Waals surface area contributed by atoms with E-state index in [1.54, 1.807) is 17.8 Å². The molecule has 1 N–H and O–H groups in total. The van der Waals surface area contributed by atoms with E-state index in [1.165, 1.54) is 11.1 Å². The van der Waals surface area contributed by atoms with E-state index in [0.29, 0.717) is 12.6 Å². The summed E-state index contributed by atoms with van der Waals surface area (Å²) in [7, 11) is 0. The summed E-state index contributed by atoms with van der Waals surface area (Å²) < 4.78 is 0. The largest absolute Gasteiger partial charge is 0.353 e. The van der Waals surface area contributed by atoms with Gasteiger partial charge in [-0.15, -0.1) is 11.8 Å². The lowest BCUT2D eigenvalue weighted by Gasteiger charge is -2.39. The van der Waals surface area contributed by atoms with Gasteiger partial charge in [0.05, 0.1) is 11.1 Å². The van der Waals surface area contributed by atoms with E-state index in [0.717, 1.165) is 61.9 Å². The second kappa shape index (κ2) is 14.7. The Hall–Kier alpha value is -2.93. The highest BCUT2D eigenvalue weighted by Crippen LogP contribution is 2.29. The van der Waals surface area contributed by atoms with Gasteiger partial charge in [-0.2, -0.15) is 0 Å². The molecule has 2 aromatic carbocycles. The number of unbranched alkanes of at least 4 members (excludes halogenated alkanes) is 1. The molecule has 0 atom stereocenters. The molecule has 5 nitrogen and oxygen atoms in total. The van der Waals surface area contributed by atoms with Crippen LogP contribution in [0.15, 0.2) is 90.1 Å². The molecule has 1 amide bonds. The van der Waals surface area contributed by atoms with E-state index < -0.39 is 0 Å². The molecule has 1 saturated heterocycles. The van der Waals surface area contributed by atoms with Crippen LogP contribution in [0.3, 0.4) is 0 Å². The van der Waals surface area contributed by atoms with Crippen LogP contribution < -0.4 is 5.32 Å². The molecule has 0 spiro atoms. The number of carbonyl (C=O) groups excluding carboxylic acids is 1. The Kier molecular flexibility index (Phi) is 10.8. The smallest absolute Gasteiger partial charge is 0.243 e. The van der Waals surface area contributed by atoms with Crippen molar-refractivity contribution in [2.24, 2.45) is 0 Å². The highest BCUT2D eigenvalue weighted by molar-refractivity contribution is 7.99. The van der Waals surface area contributed by atoms with E-state index >= 15 is 0 Å². The average Bonchev–Trinajstić information content (AvgIpc) is 2.95. The fourth-order valence-electron chi connectivity index (χ4n) is 4.76. The third kappa shape index (κ3) is 8.56. The number of nitrogens with one attached hydrogen (secondary N) is 1. The number of benzene rings is 2. The summed E-state index contributed by atoms with van der Waals surface area (Å²) in [4.78, 5) is 21.7. The molecule has 194 valence electrons. The molecule has 1 aliphatic rings. The quantitative estimate of drug-likeness (QED) is 0.196. The van der Waals surface area contributed by atoms with Gasteiger partial charge in [-0.25, -0.2) is 4.98 Å². The summed E-state index contributed by atoms with van der Waals surface area (Å²) in [6.07, 6.45) is 7.30. The lowest BCUT2D eigenvalue weighted by Crippen LogP contribution is -2.48. The number of thioether (sulfide) groups is 1. The molecule has 1 aliphatic heterocycles. The lowest BCUT2D eigenvalue weighted by molar-refractivity contribution is -0.116. The minimum Gasteiger partial charge on any atom is -0.353 e. The number of aromatic nitrogens is 1. The van der Waals surface area contributed by atoms with E-state index in [1.807, 2.05) is 24.4 Å². The van der Waals surface area contributed by atoms with Crippen LogP contribution in [0.25, 0.3) is 6.08 Å². The predicted molar refractivity (Wildman–Crippen MR) is 155 cm³/mol. The summed E-state index contributed by atoms with van der Waals surface area (Å²) in [6, 6.07) is 26.0. The first-order chi connectivity index (χ1) is 18.2. The normalized spacial score (nSPS) is 14.9. The maximum atomic E-state index is 12.1. The molecule has 0 unspecified atom stereocenters. The Labute approximate surface area is 226 Å². The van der Waals surface area contributed by atoms with Crippen LogP contribution in [0.2, 0.25) is 0 Å². The molecule has 1 fully saturated rings. The molecule has 0 aliphatic carbocycles. The fourth-order valence-corrected chi connectivity index (χ4v) is 5.34. The maximum absolute atomic E-state index is 12.1. The summed E-state index contributed by atoms with van der Waals surface area (Å²) >= 11 is 1.71. The van der Waals surface area contributed by atoms with Crippen molar-refractivity contribution in [3.05, 3.63) is 102 Å². The summed E-state index contributed by atoms with van der Waals surface area (Å²) in [5.74, 6) is 0.956. The Morgan fingerprint density at radius 2 is 1.62 bits per heavy atom. The van der Waals surface area contributed by atoms with Gasteiger partial charge in [-0.3, -0.25) is 9.69 Å². The first kappa shape index (κ1) is 27.1. The van der Waals surface area contributed by atoms with Crippen LogP contribution in [-0.2, 0) is 4.79 Å². The van der Waals surface area contributed by atoms with Gasteiger partial charge >= 0.3 is 0 Å². The minimum atomic E-state index is -0.0477. The Balaban J connectivity index is 1.15. The third-order valence-electron chi connectivity index (χ3n) is 6.68. The second-order valence-corrected chi connectivity index (χ2v) is 10.6. The highest BCUT2D eigenvalue weighted by Gasteiger charge is 2.26. The molecule has 2 heterocycles. The van der Waals surface area contributed by atoms with E-state index in [4.69, 9.17) is 0 Å². The van der Waals surface area contributed by atoms with Gasteiger partial charge < -0.3 is 10.2 Å². The summed E-state index contributed by atoms with van der Waals surface area (Å²) in [5, 5.41) is 4.02. The van der Waals surface area contributed by atoms with E-state index in [9.17, 15) is 4.79 Å². The fraction of sp³-hybridized carbons (Fsp3) is 0.355. The Morgan fingerprint density at radius 3 is 2.22 bits per heavy atom. The number of amides is 1. The average molecular weight is 515 g/mol. The zero-order valence-electron chi connectivity index (χ0n) is 21.8. The predicted octanol–water partition coefficient (Wildman–Crippen LogP) is 5.51. The second-order valence-electron chi connectivity index (χ2n) is 9.30. The van der Waals surface area contributed by atoms with Crippen molar-refractivity contribution in [3.63, 3.8) is 0 Å². The van der Waals surface area contributed by atoms with Gasteiger partial charge in [-0.1, -0.05) is 73.7 Å². The first-order valence-corrected chi connectivity index (χ1v) is 14.3. The molecule has 0 saturated carbocycles. The van der Waals surface area contributed by atoms with Crippen molar-refractivity contribution in [1.29, 1.82) is 0 Å². The van der Waals surface area contributed by atoms with Crippen LogP contribution in [0, 0.1) is 0 Å². The first-order valence-electron chi connectivity index (χ1n) is 13.3. The maximum Gasteiger partial charge on any atom is 0.243 e. The number of rotatable bonds is 12. The number of hydrogen-bond donors (Lipinski definition) is 1. The van der Waals surface area contributed by atoms with Crippen molar-refractivity contribution >= 4 is 23.7 Å². The number of pyridine rings is 1. The molecular weight excluding hydrogens is 476 g/mol. The van der Waals surface area contributed by atoms with Crippen LogP contribution in [-0.4, -0.2) is 65.7 Å². The number of carbonyl (C=O) groups is 1. The van der Waals surface area contributed by atoms with Crippen LogP contribution in [0.4, 0.5) is 0 Å². The zero-order chi connectivity index (χ0) is 25.7. The van der Waals surface area contributed by atoms with Gasteiger partial charge in [-0.05, 0) is 54.0 Å². The van der Waals surface area contributed by atoms with Gasteiger partial charge in [0.2, 0.25) is 5.91 Å². The molecular formula is C31H38N4OS. The molecule has 4 rings (SSSR count). The van der Waals surface area contributed by atoms with Crippen LogP contribution in [0.5, 0.6) is 0 Å². The van der Waals surface area contributed by atoms with Gasteiger partial charge in [0, 0.05) is 45.0 Å². The number of piperazine rings is 1. The molecule has 3 aromatic rings. The van der Waals surface area contributed by atoms with Crippen molar-refractivity contribution in [3.8, 4) is 0 Å². The summed E-state index contributed by atoms with van der Waals surface area (Å²) in [6.45, 7) is 8.17. The van der Waals surface area contributed by atoms with Gasteiger partial charge in [0.25, 0.3) is 0 Å². The standard InChI is InChI=1S/C31H38N4OS/c1-2-37-30-18-16-26(25-33-30)15-17-29(36)32-19-9-10-20-34-21-23-35(24-22-34)31(27-11-5-3-6-12-27)28-13-7-4-8-14-28/h3-8,11-18,25,31H,2,9-10,19-24H2,1H3,(H,32,36)/b17-15+. The molecule has 6 heteroatoms. The third-order valence-corrected chi connectivity index (χ3v) is 7.51. The highest BCUT2D eigenvalue weighted by atomic mass is 32.2. The summed E-state index contributed by atoms with van der Waals surface area (Å²) in [5.41, 5.74) is 3.66. The molecule has 37 heavy (non-hydrogen) atoms. The van der Waals surface area contributed by atoms with Crippen molar-refractivity contribution in [2.45, 2.75) is 30.8 Å².